The summed E-state index contributed by atoms with van der Waals surface area (Å²) in [7, 11) is 0. The smallest absolute Gasteiger partial charge is 0.147 e. The summed E-state index contributed by atoms with van der Waals surface area (Å²) in [4.78, 5) is 0. The van der Waals surface area contributed by atoms with E-state index in [0.717, 1.165) is 55.3 Å². The van der Waals surface area contributed by atoms with Crippen molar-refractivity contribution in [1.82, 2.24) is 4.57 Å². The quantitative estimate of drug-likeness (QED) is 0.168. The highest BCUT2D eigenvalue weighted by Gasteiger charge is 2.21. The molecule has 0 unspecified atom stereocenters. The molecule has 0 bridgehead atoms. The molecule has 274 valence electrons. The topological polar surface area (TPSA) is 31.2 Å². The van der Waals surface area contributed by atoms with Crippen LogP contribution in [0.1, 0.15) is 0 Å². The van der Waals surface area contributed by atoms with Gasteiger partial charge in [-0.1, -0.05) is 140 Å². The van der Waals surface area contributed by atoms with Crippen LogP contribution in [0, 0.1) is 0 Å². The summed E-state index contributed by atoms with van der Waals surface area (Å²) in [6.45, 7) is 0. The van der Waals surface area contributed by atoms with Crippen molar-refractivity contribution in [3.63, 3.8) is 0 Å². The van der Waals surface area contributed by atoms with Crippen LogP contribution in [-0.2, 0) is 0 Å². The Bertz CT molecular complexity index is 3790. The molecular formula is C56H33NO2. The van der Waals surface area contributed by atoms with Gasteiger partial charge in [-0.3, -0.25) is 0 Å². The van der Waals surface area contributed by atoms with E-state index in [1.807, 2.05) is 6.26 Å². The minimum atomic E-state index is 0.815. The average molecular weight is 752 g/mol. The van der Waals surface area contributed by atoms with Gasteiger partial charge in [0.15, 0.2) is 0 Å². The SMILES string of the molecule is c1ccc(-n2c3ccccc3c3ccc(-c4c5ccccc5c(-c5ccc6c(c5)oc5c6ccc6occ(-c7ccc8ccccc8c7)c65)c5ccccc45)cc32)cc1. The van der Waals surface area contributed by atoms with E-state index in [2.05, 4.69) is 199 Å². The molecule has 0 saturated carbocycles. The Balaban J connectivity index is 1.02. The highest BCUT2D eigenvalue weighted by atomic mass is 16.3. The van der Waals surface area contributed by atoms with Crippen LogP contribution in [0.25, 0.3) is 126 Å². The van der Waals surface area contributed by atoms with Crippen molar-refractivity contribution in [2.75, 3.05) is 0 Å². The second-order valence-electron chi connectivity index (χ2n) is 15.6. The number of rotatable bonds is 4. The molecule has 3 heterocycles. The Morgan fingerprint density at radius 3 is 1.68 bits per heavy atom. The van der Waals surface area contributed by atoms with E-state index in [9.17, 15) is 0 Å². The number of benzene rings is 10. The number of hydrogen-bond acceptors (Lipinski definition) is 2. The summed E-state index contributed by atoms with van der Waals surface area (Å²) >= 11 is 0. The number of fused-ring (bicyclic) bond motifs is 11. The molecule has 13 aromatic rings. The molecule has 0 fully saturated rings. The Labute approximate surface area is 338 Å². The molecule has 3 aromatic heterocycles. The van der Waals surface area contributed by atoms with Crippen molar-refractivity contribution >= 4 is 87.0 Å². The van der Waals surface area contributed by atoms with E-state index >= 15 is 0 Å². The highest BCUT2D eigenvalue weighted by Crippen LogP contribution is 2.47. The Morgan fingerprint density at radius 1 is 0.356 bits per heavy atom. The van der Waals surface area contributed by atoms with E-state index in [1.54, 1.807) is 0 Å². The van der Waals surface area contributed by atoms with Gasteiger partial charge in [0, 0.05) is 32.8 Å². The van der Waals surface area contributed by atoms with Crippen LogP contribution in [0.2, 0.25) is 0 Å². The van der Waals surface area contributed by atoms with Crippen LogP contribution in [0.5, 0.6) is 0 Å². The van der Waals surface area contributed by atoms with Crippen molar-refractivity contribution in [2.24, 2.45) is 0 Å². The van der Waals surface area contributed by atoms with Gasteiger partial charge in [0.25, 0.3) is 0 Å². The van der Waals surface area contributed by atoms with Crippen molar-refractivity contribution in [3.05, 3.63) is 200 Å². The van der Waals surface area contributed by atoms with E-state index < -0.39 is 0 Å². The summed E-state index contributed by atoms with van der Waals surface area (Å²) in [6, 6.07) is 70.1. The van der Waals surface area contributed by atoms with E-state index in [4.69, 9.17) is 8.83 Å². The molecule has 13 rings (SSSR count). The minimum Gasteiger partial charge on any atom is -0.464 e. The molecule has 0 amide bonds. The first-order chi connectivity index (χ1) is 29.3. The van der Waals surface area contributed by atoms with Gasteiger partial charge in [-0.05, 0) is 115 Å². The molecule has 0 spiro atoms. The maximum atomic E-state index is 6.90. The molecule has 0 aliphatic heterocycles. The minimum absolute atomic E-state index is 0.815. The first-order valence-corrected chi connectivity index (χ1v) is 20.2. The lowest BCUT2D eigenvalue weighted by atomic mass is 9.85. The number of para-hydroxylation sites is 2. The normalized spacial score (nSPS) is 12.1. The lowest BCUT2D eigenvalue weighted by Gasteiger charge is -2.18. The first-order valence-electron chi connectivity index (χ1n) is 20.2. The van der Waals surface area contributed by atoms with Gasteiger partial charge in [-0.15, -0.1) is 0 Å². The van der Waals surface area contributed by atoms with Crippen molar-refractivity contribution < 1.29 is 8.83 Å². The predicted octanol–water partition coefficient (Wildman–Crippen LogP) is 15.9. The lowest BCUT2D eigenvalue weighted by Crippen LogP contribution is -1.94. The van der Waals surface area contributed by atoms with Gasteiger partial charge < -0.3 is 13.4 Å². The van der Waals surface area contributed by atoms with Gasteiger partial charge in [0.1, 0.15) is 16.7 Å². The van der Waals surface area contributed by atoms with E-state index in [0.29, 0.717) is 0 Å². The van der Waals surface area contributed by atoms with Crippen LogP contribution in [0.4, 0.5) is 0 Å². The van der Waals surface area contributed by atoms with Crippen LogP contribution >= 0.6 is 0 Å². The maximum absolute atomic E-state index is 6.90. The molecule has 0 aliphatic carbocycles. The molecular weight excluding hydrogens is 719 g/mol. The first kappa shape index (κ1) is 32.2. The van der Waals surface area contributed by atoms with Crippen molar-refractivity contribution in [3.8, 4) is 39.1 Å². The fraction of sp³-hybridized carbons (Fsp3) is 0. The van der Waals surface area contributed by atoms with Crippen LogP contribution in [-0.4, -0.2) is 4.57 Å². The van der Waals surface area contributed by atoms with E-state index in [-0.39, 0.29) is 0 Å². The second kappa shape index (κ2) is 12.3. The van der Waals surface area contributed by atoms with Gasteiger partial charge >= 0.3 is 0 Å². The van der Waals surface area contributed by atoms with E-state index in [1.165, 1.54) is 70.8 Å². The standard InChI is InChI=1S/C56H33NO2/c1-2-14-39(15-3-1)57-49-21-11-10-16-40(49)41-26-24-37(31-50(41)57)53-43-17-6-8-19-45(43)54(46-20-9-7-18-44(46)53)38-25-27-42-47-28-29-51-55(56(47)59-52(42)32-38)48(33-58-51)36-23-22-34-12-4-5-13-35(34)30-36/h1-33H. The second-order valence-corrected chi connectivity index (χ2v) is 15.6. The van der Waals surface area contributed by atoms with Crippen LogP contribution < -0.4 is 0 Å². The molecule has 3 heteroatoms. The molecule has 59 heavy (non-hydrogen) atoms. The molecule has 0 atom stereocenters. The molecule has 0 aliphatic rings. The zero-order valence-corrected chi connectivity index (χ0v) is 31.8. The lowest BCUT2D eigenvalue weighted by molar-refractivity contribution is 0.616. The molecule has 10 aromatic carbocycles. The molecule has 3 nitrogen and oxygen atoms in total. The van der Waals surface area contributed by atoms with Crippen LogP contribution in [0.3, 0.4) is 0 Å². The summed E-state index contributed by atoms with van der Waals surface area (Å²) in [5.74, 6) is 0. The number of furan rings is 2. The van der Waals surface area contributed by atoms with Crippen molar-refractivity contribution in [2.45, 2.75) is 0 Å². The van der Waals surface area contributed by atoms with Gasteiger partial charge in [0.2, 0.25) is 0 Å². The van der Waals surface area contributed by atoms with Gasteiger partial charge in [0.05, 0.1) is 22.7 Å². The Morgan fingerprint density at radius 2 is 0.932 bits per heavy atom. The largest absolute Gasteiger partial charge is 0.464 e. The Kier molecular flexibility index (Phi) is 6.72. The summed E-state index contributed by atoms with van der Waals surface area (Å²) in [5, 5.41) is 12.9. The fourth-order valence-corrected chi connectivity index (χ4v) is 9.81. The average Bonchev–Trinajstić information content (AvgIpc) is 4.00. The fourth-order valence-electron chi connectivity index (χ4n) is 9.81. The third kappa shape index (κ3) is 4.70. The molecule has 0 radical (unpaired) electrons. The number of aromatic nitrogens is 1. The summed E-state index contributed by atoms with van der Waals surface area (Å²) < 4.78 is 15.5. The summed E-state index contributed by atoms with van der Waals surface area (Å²) in [6.07, 6.45) is 1.87. The van der Waals surface area contributed by atoms with Crippen LogP contribution in [0.15, 0.2) is 209 Å². The Hall–Kier alpha value is -7.88. The zero-order valence-electron chi connectivity index (χ0n) is 31.8. The third-order valence-electron chi connectivity index (χ3n) is 12.4. The highest BCUT2D eigenvalue weighted by molar-refractivity contribution is 6.24. The predicted molar refractivity (Wildman–Crippen MR) is 247 cm³/mol. The monoisotopic (exact) mass is 751 g/mol. The third-order valence-corrected chi connectivity index (χ3v) is 12.4. The van der Waals surface area contributed by atoms with Gasteiger partial charge in [-0.25, -0.2) is 0 Å². The number of nitrogens with zero attached hydrogens (tertiary/aromatic N) is 1. The number of hydrogen-bond donors (Lipinski definition) is 0. The van der Waals surface area contributed by atoms with Crippen molar-refractivity contribution in [1.29, 1.82) is 0 Å². The van der Waals surface area contributed by atoms with Gasteiger partial charge in [-0.2, -0.15) is 0 Å². The molecule has 0 N–H and O–H groups in total. The summed E-state index contributed by atoms with van der Waals surface area (Å²) in [5.41, 5.74) is 13.0. The zero-order chi connectivity index (χ0) is 38.6. The maximum Gasteiger partial charge on any atom is 0.147 e. The molecule has 0 saturated heterocycles.